The molecule has 1 rings (SSSR count). The van der Waals surface area contributed by atoms with Crippen molar-refractivity contribution in [2.45, 2.75) is 32.9 Å². The van der Waals surface area contributed by atoms with Crippen LogP contribution in [0.15, 0.2) is 24.3 Å². The number of nitrogens with two attached hydrogens (primary N) is 1. The van der Waals surface area contributed by atoms with Gasteiger partial charge in [0.25, 0.3) is 0 Å². The maximum absolute atomic E-state index is 10.9. The van der Waals surface area contributed by atoms with Crippen LogP contribution in [0.4, 0.5) is 0 Å². The molecule has 0 heterocycles. The van der Waals surface area contributed by atoms with E-state index < -0.39 is 0 Å². The number of nitrogens with one attached hydrogen (secondary N) is 1. The summed E-state index contributed by atoms with van der Waals surface area (Å²) in [6.07, 6.45) is 0. The van der Waals surface area contributed by atoms with Gasteiger partial charge in [0.05, 0.1) is 6.04 Å². The zero-order valence-corrected chi connectivity index (χ0v) is 9.45. The molecule has 0 spiro atoms. The van der Waals surface area contributed by atoms with E-state index in [1.165, 1.54) is 11.1 Å². The molecule has 2 atom stereocenters. The molecule has 1 amide bonds. The molecule has 0 aliphatic carbocycles. The lowest BCUT2D eigenvalue weighted by Gasteiger charge is -2.19. The molecule has 3 nitrogen and oxygen atoms in total. The fourth-order valence-corrected chi connectivity index (χ4v) is 1.62. The van der Waals surface area contributed by atoms with Gasteiger partial charge in [-0.2, -0.15) is 0 Å². The molecule has 0 saturated heterocycles. The second kappa shape index (κ2) is 4.94. The number of rotatable bonds is 4. The van der Waals surface area contributed by atoms with Crippen molar-refractivity contribution in [3.63, 3.8) is 0 Å². The monoisotopic (exact) mass is 206 g/mol. The summed E-state index contributed by atoms with van der Waals surface area (Å²) >= 11 is 0. The maximum Gasteiger partial charge on any atom is 0.234 e. The number of amides is 1. The van der Waals surface area contributed by atoms with Gasteiger partial charge in [0.15, 0.2) is 0 Å². The summed E-state index contributed by atoms with van der Waals surface area (Å²) in [7, 11) is 0. The number of carbonyl (C=O) groups excluding carboxylic acids is 1. The second-order valence-electron chi connectivity index (χ2n) is 3.87. The Bertz CT molecular complexity index is 349. The molecule has 0 bridgehead atoms. The first kappa shape index (κ1) is 11.7. The Labute approximate surface area is 90.7 Å². The van der Waals surface area contributed by atoms with Crippen molar-refractivity contribution in [3.05, 3.63) is 35.4 Å². The minimum atomic E-state index is -0.324. The predicted octanol–water partition coefficient (Wildman–Crippen LogP) is 1.52. The van der Waals surface area contributed by atoms with E-state index in [4.69, 9.17) is 5.73 Å². The standard InChI is InChI=1S/C12H18N2O/c1-8-6-4-5-7-11(8)9(2)14-10(3)12(13)15/h4-7,9-10,14H,1-3H3,(H2,13,15). The van der Waals surface area contributed by atoms with Crippen molar-refractivity contribution < 1.29 is 4.79 Å². The molecule has 0 aliphatic heterocycles. The lowest BCUT2D eigenvalue weighted by atomic mass is 10.0. The molecule has 82 valence electrons. The minimum Gasteiger partial charge on any atom is -0.368 e. The fraction of sp³-hybridized carbons (Fsp3) is 0.417. The Morgan fingerprint density at radius 2 is 1.93 bits per heavy atom. The Hall–Kier alpha value is -1.35. The average Bonchev–Trinajstić information content (AvgIpc) is 2.18. The van der Waals surface area contributed by atoms with Gasteiger partial charge in [-0.05, 0) is 31.9 Å². The van der Waals surface area contributed by atoms with Crippen molar-refractivity contribution in [2.75, 3.05) is 0 Å². The Morgan fingerprint density at radius 1 is 1.33 bits per heavy atom. The summed E-state index contributed by atoms with van der Waals surface area (Å²) in [4.78, 5) is 10.9. The first-order chi connectivity index (χ1) is 7.02. The molecule has 3 heteroatoms. The van der Waals surface area contributed by atoms with Gasteiger partial charge >= 0.3 is 0 Å². The van der Waals surface area contributed by atoms with Crippen LogP contribution in [0.3, 0.4) is 0 Å². The van der Waals surface area contributed by atoms with Crippen LogP contribution in [0.25, 0.3) is 0 Å². The summed E-state index contributed by atoms with van der Waals surface area (Å²) in [6.45, 7) is 5.86. The zero-order valence-electron chi connectivity index (χ0n) is 9.45. The Balaban J connectivity index is 2.73. The van der Waals surface area contributed by atoms with Gasteiger partial charge < -0.3 is 5.73 Å². The fourth-order valence-electron chi connectivity index (χ4n) is 1.62. The quantitative estimate of drug-likeness (QED) is 0.784. The zero-order chi connectivity index (χ0) is 11.4. The lowest BCUT2D eigenvalue weighted by Crippen LogP contribution is -2.40. The molecular formula is C12H18N2O. The summed E-state index contributed by atoms with van der Waals surface area (Å²) in [6, 6.07) is 7.94. The molecule has 0 aromatic heterocycles. The smallest absolute Gasteiger partial charge is 0.234 e. The van der Waals surface area contributed by atoms with Crippen LogP contribution in [0, 0.1) is 6.92 Å². The Kier molecular flexibility index (Phi) is 3.86. The predicted molar refractivity (Wildman–Crippen MR) is 61.4 cm³/mol. The van der Waals surface area contributed by atoms with E-state index in [0.717, 1.165) is 0 Å². The van der Waals surface area contributed by atoms with Crippen molar-refractivity contribution in [2.24, 2.45) is 5.73 Å². The number of primary amides is 1. The van der Waals surface area contributed by atoms with Crippen LogP contribution in [0.2, 0.25) is 0 Å². The van der Waals surface area contributed by atoms with Gasteiger partial charge in [0.2, 0.25) is 5.91 Å². The van der Waals surface area contributed by atoms with Gasteiger partial charge in [-0.3, -0.25) is 10.1 Å². The summed E-state index contributed by atoms with van der Waals surface area (Å²) in [5.41, 5.74) is 7.62. The molecule has 1 aromatic rings. The molecule has 0 fully saturated rings. The van der Waals surface area contributed by atoms with Crippen LogP contribution >= 0.6 is 0 Å². The molecule has 0 aliphatic rings. The molecule has 1 aromatic carbocycles. The van der Waals surface area contributed by atoms with E-state index in [9.17, 15) is 4.79 Å². The second-order valence-corrected chi connectivity index (χ2v) is 3.87. The third kappa shape index (κ3) is 3.06. The highest BCUT2D eigenvalue weighted by molar-refractivity contribution is 5.79. The van der Waals surface area contributed by atoms with Crippen LogP contribution < -0.4 is 11.1 Å². The van der Waals surface area contributed by atoms with Crippen LogP contribution in [0.1, 0.15) is 31.0 Å². The number of carbonyl (C=O) groups is 1. The largest absolute Gasteiger partial charge is 0.368 e. The molecule has 2 unspecified atom stereocenters. The normalized spacial score (nSPS) is 14.6. The summed E-state index contributed by atoms with van der Waals surface area (Å²) < 4.78 is 0. The average molecular weight is 206 g/mol. The highest BCUT2D eigenvalue weighted by atomic mass is 16.1. The van der Waals surface area contributed by atoms with E-state index in [1.807, 2.05) is 19.1 Å². The van der Waals surface area contributed by atoms with E-state index in [-0.39, 0.29) is 18.0 Å². The topological polar surface area (TPSA) is 55.1 Å². The molecular weight excluding hydrogens is 188 g/mol. The van der Waals surface area contributed by atoms with Gasteiger partial charge in [-0.15, -0.1) is 0 Å². The number of benzene rings is 1. The third-order valence-corrected chi connectivity index (χ3v) is 2.58. The number of aryl methyl sites for hydroxylation is 1. The van der Waals surface area contributed by atoms with E-state index >= 15 is 0 Å². The number of hydrogen-bond donors (Lipinski definition) is 2. The molecule has 15 heavy (non-hydrogen) atoms. The van der Waals surface area contributed by atoms with E-state index in [2.05, 4.69) is 24.4 Å². The van der Waals surface area contributed by atoms with Crippen molar-refractivity contribution in [1.29, 1.82) is 0 Å². The van der Waals surface area contributed by atoms with Crippen LogP contribution in [0.5, 0.6) is 0 Å². The molecule has 0 radical (unpaired) electrons. The van der Waals surface area contributed by atoms with Crippen molar-refractivity contribution in [1.82, 2.24) is 5.32 Å². The maximum atomic E-state index is 10.9. The minimum absolute atomic E-state index is 0.133. The summed E-state index contributed by atoms with van der Waals surface area (Å²) in [5.74, 6) is -0.324. The van der Waals surface area contributed by atoms with Gasteiger partial charge in [-0.1, -0.05) is 24.3 Å². The lowest BCUT2D eigenvalue weighted by molar-refractivity contribution is -0.119. The number of hydrogen-bond acceptors (Lipinski definition) is 2. The van der Waals surface area contributed by atoms with Crippen molar-refractivity contribution >= 4 is 5.91 Å². The SMILES string of the molecule is Cc1ccccc1C(C)NC(C)C(N)=O. The van der Waals surface area contributed by atoms with Gasteiger partial charge in [-0.25, -0.2) is 0 Å². The van der Waals surface area contributed by atoms with Crippen LogP contribution in [-0.4, -0.2) is 11.9 Å². The summed E-state index contributed by atoms with van der Waals surface area (Å²) in [5, 5.41) is 3.16. The van der Waals surface area contributed by atoms with Crippen molar-refractivity contribution in [3.8, 4) is 0 Å². The molecule has 0 saturated carbocycles. The van der Waals surface area contributed by atoms with Crippen LogP contribution in [-0.2, 0) is 4.79 Å². The van der Waals surface area contributed by atoms with Gasteiger partial charge in [0.1, 0.15) is 0 Å². The Morgan fingerprint density at radius 3 is 2.47 bits per heavy atom. The third-order valence-electron chi connectivity index (χ3n) is 2.58. The van der Waals surface area contributed by atoms with E-state index in [1.54, 1.807) is 6.92 Å². The first-order valence-corrected chi connectivity index (χ1v) is 5.13. The highest BCUT2D eigenvalue weighted by Gasteiger charge is 2.14. The highest BCUT2D eigenvalue weighted by Crippen LogP contribution is 2.16. The van der Waals surface area contributed by atoms with E-state index in [0.29, 0.717) is 0 Å². The first-order valence-electron chi connectivity index (χ1n) is 5.13. The molecule has 3 N–H and O–H groups in total. The van der Waals surface area contributed by atoms with Gasteiger partial charge in [0, 0.05) is 6.04 Å².